The molecule has 8 heteroatoms. The summed E-state index contributed by atoms with van der Waals surface area (Å²) in [5, 5.41) is 14.4. The van der Waals surface area contributed by atoms with Gasteiger partial charge in [0, 0.05) is 28.3 Å². The highest BCUT2D eigenvalue weighted by Gasteiger charge is 2.34. The normalized spacial score (nSPS) is 15.7. The number of hydrogen-bond acceptors (Lipinski definition) is 4. The van der Waals surface area contributed by atoms with Crippen molar-refractivity contribution >= 4 is 46.2 Å². The summed E-state index contributed by atoms with van der Waals surface area (Å²) in [5.41, 5.74) is 0.261. The van der Waals surface area contributed by atoms with Crippen molar-refractivity contribution in [3.05, 3.63) is 67.7 Å². The van der Waals surface area contributed by atoms with Crippen molar-refractivity contribution in [3.63, 3.8) is 0 Å². The SMILES string of the molecule is CC1(C)N=C(c2ccccc2Cl)c2cc([N+](=O)[O-])cc(Cl)c2NC1=O. The first kappa shape index (κ1) is 17.4. The van der Waals surface area contributed by atoms with Gasteiger partial charge < -0.3 is 5.32 Å². The van der Waals surface area contributed by atoms with E-state index in [-0.39, 0.29) is 22.3 Å². The van der Waals surface area contributed by atoms with Crippen LogP contribution in [0.25, 0.3) is 0 Å². The van der Waals surface area contributed by atoms with Crippen LogP contribution in [0.1, 0.15) is 25.0 Å². The second-order valence-electron chi connectivity index (χ2n) is 6.06. The molecule has 1 amide bonds. The highest BCUT2D eigenvalue weighted by atomic mass is 35.5. The molecule has 0 unspecified atom stereocenters. The Morgan fingerprint density at radius 1 is 1.12 bits per heavy atom. The first-order chi connectivity index (χ1) is 11.7. The van der Waals surface area contributed by atoms with Gasteiger partial charge in [0.05, 0.1) is 21.3 Å². The Labute approximate surface area is 153 Å². The van der Waals surface area contributed by atoms with E-state index in [2.05, 4.69) is 10.3 Å². The molecule has 0 spiro atoms. The average Bonchev–Trinajstić information content (AvgIpc) is 2.64. The highest BCUT2D eigenvalue weighted by Crippen LogP contribution is 2.37. The van der Waals surface area contributed by atoms with Crippen LogP contribution in [-0.2, 0) is 4.79 Å². The highest BCUT2D eigenvalue weighted by molar-refractivity contribution is 6.39. The van der Waals surface area contributed by atoms with Gasteiger partial charge in [0.15, 0.2) is 0 Å². The van der Waals surface area contributed by atoms with E-state index in [4.69, 9.17) is 23.2 Å². The number of nitro benzene ring substituents is 1. The second kappa shape index (κ2) is 6.13. The molecule has 6 nitrogen and oxygen atoms in total. The lowest BCUT2D eigenvalue weighted by Crippen LogP contribution is -2.34. The Morgan fingerprint density at radius 2 is 1.80 bits per heavy atom. The van der Waals surface area contributed by atoms with Crippen molar-refractivity contribution in [2.45, 2.75) is 19.4 Å². The lowest BCUT2D eigenvalue weighted by Gasteiger charge is -2.17. The zero-order valence-electron chi connectivity index (χ0n) is 13.3. The molecule has 0 saturated heterocycles. The van der Waals surface area contributed by atoms with Crippen LogP contribution in [0.2, 0.25) is 10.0 Å². The summed E-state index contributed by atoms with van der Waals surface area (Å²) in [4.78, 5) is 27.7. The van der Waals surface area contributed by atoms with E-state index in [1.807, 2.05) is 0 Å². The molecule has 1 aliphatic rings. The van der Waals surface area contributed by atoms with Gasteiger partial charge >= 0.3 is 0 Å². The number of fused-ring (bicyclic) bond motifs is 1. The predicted octanol–water partition coefficient (Wildman–Crippen LogP) is 4.47. The van der Waals surface area contributed by atoms with Crippen molar-refractivity contribution in [1.29, 1.82) is 0 Å². The number of amides is 1. The van der Waals surface area contributed by atoms with E-state index < -0.39 is 10.5 Å². The number of nitro groups is 1. The van der Waals surface area contributed by atoms with Crippen molar-refractivity contribution in [3.8, 4) is 0 Å². The van der Waals surface area contributed by atoms with Crippen LogP contribution in [-0.4, -0.2) is 22.1 Å². The molecule has 1 aliphatic heterocycles. The fourth-order valence-electron chi connectivity index (χ4n) is 2.53. The Kier molecular flexibility index (Phi) is 4.26. The molecule has 2 aromatic carbocycles. The molecule has 1 heterocycles. The molecule has 0 fully saturated rings. The maximum absolute atomic E-state index is 12.5. The third-order valence-electron chi connectivity index (χ3n) is 3.86. The largest absolute Gasteiger partial charge is 0.322 e. The zero-order chi connectivity index (χ0) is 18.4. The number of carbonyl (C=O) groups excluding carboxylic acids is 1. The molecule has 0 atom stereocenters. The van der Waals surface area contributed by atoms with Crippen LogP contribution < -0.4 is 5.32 Å². The predicted molar refractivity (Wildman–Crippen MR) is 97.9 cm³/mol. The Hall–Kier alpha value is -2.44. The van der Waals surface area contributed by atoms with Gasteiger partial charge in [0.25, 0.3) is 11.6 Å². The van der Waals surface area contributed by atoms with Gasteiger partial charge in [-0.25, -0.2) is 0 Å². The molecule has 0 radical (unpaired) electrons. The molecule has 0 aromatic heterocycles. The van der Waals surface area contributed by atoms with Gasteiger partial charge in [-0.1, -0.05) is 41.4 Å². The number of nitrogens with one attached hydrogen (secondary N) is 1. The molecule has 3 rings (SSSR count). The number of non-ortho nitro benzene ring substituents is 1. The number of carbonyl (C=O) groups is 1. The Balaban J connectivity index is 2.38. The minimum Gasteiger partial charge on any atom is -0.322 e. The molecule has 0 aliphatic carbocycles. The average molecular weight is 378 g/mol. The molecule has 25 heavy (non-hydrogen) atoms. The summed E-state index contributed by atoms with van der Waals surface area (Å²) >= 11 is 12.5. The van der Waals surface area contributed by atoms with Gasteiger partial charge in [0.2, 0.25) is 0 Å². The van der Waals surface area contributed by atoms with Crippen molar-refractivity contribution in [2.24, 2.45) is 4.99 Å². The van der Waals surface area contributed by atoms with Gasteiger partial charge in [-0.3, -0.25) is 19.9 Å². The topological polar surface area (TPSA) is 84.6 Å². The summed E-state index contributed by atoms with van der Waals surface area (Å²) in [7, 11) is 0. The summed E-state index contributed by atoms with van der Waals surface area (Å²) in [6.07, 6.45) is 0. The van der Waals surface area contributed by atoms with Gasteiger partial charge in [-0.05, 0) is 19.9 Å². The third kappa shape index (κ3) is 3.10. The fraction of sp³-hybridized carbons (Fsp3) is 0.176. The van der Waals surface area contributed by atoms with Crippen LogP contribution in [0.3, 0.4) is 0 Å². The molecular formula is C17H13Cl2N3O3. The lowest BCUT2D eigenvalue weighted by molar-refractivity contribution is -0.384. The van der Waals surface area contributed by atoms with E-state index in [1.165, 1.54) is 12.1 Å². The first-order valence-corrected chi connectivity index (χ1v) is 8.11. The van der Waals surface area contributed by atoms with Crippen LogP contribution in [0, 0.1) is 10.1 Å². The van der Waals surface area contributed by atoms with Crippen LogP contribution in [0.15, 0.2) is 41.4 Å². The standard InChI is InChI=1S/C17H13Cl2N3O3/c1-17(2)16(23)20-15-11(7-9(22(24)25)8-13(15)19)14(21-17)10-5-3-4-6-12(10)18/h3-8H,1-2H3,(H,20,23). The van der Waals surface area contributed by atoms with Crippen LogP contribution >= 0.6 is 23.2 Å². The summed E-state index contributed by atoms with van der Waals surface area (Å²) in [6.45, 7) is 3.29. The Morgan fingerprint density at radius 3 is 2.44 bits per heavy atom. The minimum atomic E-state index is -1.11. The maximum Gasteiger partial charge on any atom is 0.271 e. The van der Waals surface area contributed by atoms with Gasteiger partial charge in [-0.2, -0.15) is 0 Å². The summed E-state index contributed by atoms with van der Waals surface area (Å²) < 4.78 is 0. The van der Waals surface area contributed by atoms with Crippen molar-refractivity contribution in [2.75, 3.05) is 5.32 Å². The molecule has 2 aromatic rings. The smallest absolute Gasteiger partial charge is 0.271 e. The zero-order valence-corrected chi connectivity index (χ0v) is 14.9. The lowest BCUT2D eigenvalue weighted by atomic mass is 9.99. The second-order valence-corrected chi connectivity index (χ2v) is 6.88. The Bertz CT molecular complexity index is 939. The fourth-order valence-corrected chi connectivity index (χ4v) is 3.01. The van der Waals surface area contributed by atoms with Crippen molar-refractivity contribution in [1.82, 2.24) is 0 Å². The number of rotatable bonds is 2. The number of nitrogens with zero attached hydrogens (tertiary/aromatic N) is 2. The van der Waals surface area contributed by atoms with Crippen molar-refractivity contribution < 1.29 is 9.72 Å². The van der Waals surface area contributed by atoms with E-state index in [1.54, 1.807) is 38.1 Å². The maximum atomic E-state index is 12.5. The van der Waals surface area contributed by atoms with E-state index >= 15 is 0 Å². The van der Waals surface area contributed by atoms with Crippen LogP contribution in [0.4, 0.5) is 11.4 Å². The quantitative estimate of drug-likeness (QED) is 0.618. The number of anilines is 1. The molecule has 1 N–H and O–H groups in total. The van der Waals surface area contributed by atoms with E-state index in [0.717, 1.165) is 0 Å². The minimum absolute atomic E-state index is 0.0648. The number of aliphatic imine (C=N–C) groups is 1. The van der Waals surface area contributed by atoms with E-state index in [9.17, 15) is 14.9 Å². The number of benzene rings is 2. The molecule has 0 saturated carbocycles. The number of benzodiazepines with no additional fused rings is 1. The first-order valence-electron chi connectivity index (χ1n) is 7.35. The number of halogens is 2. The van der Waals surface area contributed by atoms with Gasteiger partial charge in [-0.15, -0.1) is 0 Å². The summed E-state index contributed by atoms with van der Waals surface area (Å²) in [6, 6.07) is 9.50. The number of hydrogen-bond donors (Lipinski definition) is 1. The molecule has 128 valence electrons. The molecular weight excluding hydrogens is 365 g/mol. The molecule has 0 bridgehead atoms. The van der Waals surface area contributed by atoms with Gasteiger partial charge in [0.1, 0.15) is 5.54 Å². The third-order valence-corrected chi connectivity index (χ3v) is 4.48. The van der Waals surface area contributed by atoms with Crippen LogP contribution in [0.5, 0.6) is 0 Å². The monoisotopic (exact) mass is 377 g/mol. The van der Waals surface area contributed by atoms with E-state index in [0.29, 0.717) is 21.9 Å². The summed E-state index contributed by atoms with van der Waals surface area (Å²) in [5.74, 6) is -0.369.